The van der Waals surface area contributed by atoms with Crippen LogP contribution in [0.15, 0.2) is 42.1 Å². The zero-order valence-corrected chi connectivity index (χ0v) is 12.2. The molecule has 0 aromatic heterocycles. The van der Waals surface area contributed by atoms with Crippen LogP contribution in [0.25, 0.3) is 6.08 Å². The van der Waals surface area contributed by atoms with E-state index >= 15 is 0 Å². The number of nitrogens with one attached hydrogen (secondary N) is 2. The van der Waals surface area contributed by atoms with Crippen molar-refractivity contribution in [3.8, 4) is 5.75 Å². The molecule has 0 radical (unpaired) electrons. The van der Waals surface area contributed by atoms with Gasteiger partial charge in [0, 0.05) is 5.70 Å². The van der Waals surface area contributed by atoms with Gasteiger partial charge in [0.2, 0.25) is 0 Å². The molecule has 19 heavy (non-hydrogen) atoms. The van der Waals surface area contributed by atoms with E-state index in [9.17, 15) is 0 Å². The molecule has 0 fully saturated rings. The van der Waals surface area contributed by atoms with Crippen molar-refractivity contribution in [2.24, 2.45) is 0 Å². The monoisotopic (exact) mass is 274 g/mol. The van der Waals surface area contributed by atoms with Crippen LogP contribution >= 0.6 is 12.2 Å². The van der Waals surface area contributed by atoms with Crippen molar-refractivity contribution in [3.63, 3.8) is 0 Å². The van der Waals surface area contributed by atoms with Crippen LogP contribution in [-0.2, 0) is 0 Å². The van der Waals surface area contributed by atoms with Gasteiger partial charge in [0.25, 0.3) is 0 Å². The molecule has 2 N–H and O–H groups in total. The van der Waals surface area contributed by atoms with Crippen molar-refractivity contribution in [3.05, 3.63) is 47.7 Å². The van der Waals surface area contributed by atoms with Gasteiger partial charge in [0.05, 0.1) is 12.6 Å². The first kappa shape index (κ1) is 13.6. The molecule has 4 heteroatoms. The highest BCUT2D eigenvalue weighted by atomic mass is 32.1. The second-order valence-electron chi connectivity index (χ2n) is 5.01. The fraction of sp³-hybridized carbons (Fsp3) is 0.267. The summed E-state index contributed by atoms with van der Waals surface area (Å²) < 4.78 is 5.20. The van der Waals surface area contributed by atoms with Crippen LogP contribution in [-0.4, -0.2) is 17.8 Å². The molecule has 0 aliphatic carbocycles. The maximum Gasteiger partial charge on any atom is 0.171 e. The third-order valence-electron chi connectivity index (χ3n) is 2.76. The SMILES string of the molecule is COc1cccc(/C=C/C2=CC(C)(C)NC(=S)N2)c1. The van der Waals surface area contributed by atoms with Crippen LogP contribution < -0.4 is 15.4 Å². The van der Waals surface area contributed by atoms with E-state index in [-0.39, 0.29) is 5.54 Å². The first-order valence-electron chi connectivity index (χ1n) is 6.13. The second kappa shape index (κ2) is 5.45. The van der Waals surface area contributed by atoms with Crippen LogP contribution in [0, 0.1) is 0 Å². The van der Waals surface area contributed by atoms with Gasteiger partial charge in [0.1, 0.15) is 5.75 Å². The van der Waals surface area contributed by atoms with E-state index in [0.717, 1.165) is 17.0 Å². The van der Waals surface area contributed by atoms with E-state index in [4.69, 9.17) is 17.0 Å². The molecule has 1 aliphatic heterocycles. The van der Waals surface area contributed by atoms with Gasteiger partial charge in [-0.2, -0.15) is 0 Å². The normalized spacial score (nSPS) is 17.6. The molecule has 3 nitrogen and oxygen atoms in total. The Morgan fingerprint density at radius 1 is 1.26 bits per heavy atom. The number of hydrogen-bond donors (Lipinski definition) is 2. The highest BCUT2D eigenvalue weighted by Gasteiger charge is 2.20. The molecular weight excluding hydrogens is 256 g/mol. The lowest BCUT2D eigenvalue weighted by molar-refractivity contribution is 0.414. The van der Waals surface area contributed by atoms with Crippen molar-refractivity contribution in [1.82, 2.24) is 10.6 Å². The van der Waals surface area contributed by atoms with Gasteiger partial charge in [-0.1, -0.05) is 18.2 Å². The lowest BCUT2D eigenvalue weighted by atomic mass is 10.0. The van der Waals surface area contributed by atoms with Crippen molar-refractivity contribution in [2.45, 2.75) is 19.4 Å². The van der Waals surface area contributed by atoms with Crippen LogP contribution in [0.4, 0.5) is 0 Å². The standard InChI is InChI=1S/C15H18N2OS/c1-15(2)10-12(16-14(19)17-15)8-7-11-5-4-6-13(9-11)18-3/h4-10H,1-3H3,(H2,16,17,19)/b8-7+. The van der Waals surface area contributed by atoms with Gasteiger partial charge in [-0.25, -0.2) is 0 Å². The van der Waals surface area contributed by atoms with Gasteiger partial charge >= 0.3 is 0 Å². The summed E-state index contributed by atoms with van der Waals surface area (Å²) in [6.45, 7) is 4.17. The van der Waals surface area contributed by atoms with E-state index in [0.29, 0.717) is 5.11 Å². The topological polar surface area (TPSA) is 33.3 Å². The third-order valence-corrected chi connectivity index (χ3v) is 2.96. The van der Waals surface area contributed by atoms with Gasteiger partial charge < -0.3 is 15.4 Å². The molecule has 0 atom stereocenters. The Kier molecular flexibility index (Phi) is 3.90. The van der Waals surface area contributed by atoms with Crippen LogP contribution in [0.3, 0.4) is 0 Å². The number of benzene rings is 1. The molecule has 1 heterocycles. The number of hydrogen-bond acceptors (Lipinski definition) is 2. The molecule has 0 bridgehead atoms. The highest BCUT2D eigenvalue weighted by Crippen LogP contribution is 2.16. The fourth-order valence-electron chi connectivity index (χ4n) is 1.94. The summed E-state index contributed by atoms with van der Waals surface area (Å²) in [5.74, 6) is 0.852. The summed E-state index contributed by atoms with van der Waals surface area (Å²) in [6, 6.07) is 7.92. The maximum absolute atomic E-state index is 5.20. The molecule has 1 aromatic carbocycles. The molecule has 2 rings (SSSR count). The van der Waals surface area contributed by atoms with Gasteiger partial charge in [-0.05, 0) is 55.9 Å². The minimum atomic E-state index is -0.129. The number of methoxy groups -OCH3 is 1. The molecule has 0 saturated heterocycles. The largest absolute Gasteiger partial charge is 0.497 e. The molecule has 0 unspecified atom stereocenters. The molecular formula is C15H18N2OS. The average Bonchev–Trinajstić information content (AvgIpc) is 2.34. The number of allylic oxidation sites excluding steroid dienone is 1. The van der Waals surface area contributed by atoms with Crippen LogP contribution in [0.5, 0.6) is 5.75 Å². The molecule has 1 aromatic rings. The molecule has 100 valence electrons. The van der Waals surface area contributed by atoms with E-state index in [1.165, 1.54) is 0 Å². The van der Waals surface area contributed by atoms with Gasteiger partial charge in [-0.3, -0.25) is 0 Å². The van der Waals surface area contributed by atoms with E-state index in [1.807, 2.05) is 36.4 Å². The van der Waals surface area contributed by atoms with Crippen molar-refractivity contribution in [2.75, 3.05) is 7.11 Å². The Labute approximate surface area is 119 Å². The first-order valence-corrected chi connectivity index (χ1v) is 6.53. The average molecular weight is 274 g/mol. The fourth-order valence-corrected chi connectivity index (χ4v) is 2.32. The Morgan fingerprint density at radius 3 is 2.74 bits per heavy atom. The number of ether oxygens (including phenoxy) is 1. The first-order chi connectivity index (χ1) is 8.98. The highest BCUT2D eigenvalue weighted by molar-refractivity contribution is 7.80. The second-order valence-corrected chi connectivity index (χ2v) is 5.42. The Bertz CT molecular complexity index is 547. The third kappa shape index (κ3) is 3.83. The van der Waals surface area contributed by atoms with Crippen LogP contribution in [0.2, 0.25) is 0 Å². The summed E-state index contributed by atoms with van der Waals surface area (Å²) in [4.78, 5) is 0. The summed E-state index contributed by atoms with van der Waals surface area (Å²) >= 11 is 5.19. The summed E-state index contributed by atoms with van der Waals surface area (Å²) in [7, 11) is 1.67. The van der Waals surface area contributed by atoms with E-state index < -0.39 is 0 Å². The van der Waals surface area contributed by atoms with Crippen LogP contribution in [0.1, 0.15) is 19.4 Å². The zero-order chi connectivity index (χ0) is 13.9. The van der Waals surface area contributed by atoms with Gasteiger partial charge in [0.15, 0.2) is 5.11 Å². The Hall–Kier alpha value is -1.81. The predicted octanol–water partition coefficient (Wildman–Crippen LogP) is 2.85. The van der Waals surface area contributed by atoms with E-state index in [1.54, 1.807) is 7.11 Å². The maximum atomic E-state index is 5.20. The number of thiocarbonyl (C=S) groups is 1. The van der Waals surface area contributed by atoms with Crippen molar-refractivity contribution >= 4 is 23.4 Å². The summed E-state index contributed by atoms with van der Waals surface area (Å²) in [5.41, 5.74) is 1.96. The van der Waals surface area contributed by atoms with E-state index in [2.05, 4.69) is 30.6 Å². The lowest BCUT2D eigenvalue weighted by Gasteiger charge is -2.30. The molecule has 0 amide bonds. The Morgan fingerprint density at radius 2 is 2.05 bits per heavy atom. The summed E-state index contributed by atoms with van der Waals surface area (Å²) in [5, 5.41) is 6.98. The minimum absolute atomic E-state index is 0.129. The minimum Gasteiger partial charge on any atom is -0.497 e. The smallest absolute Gasteiger partial charge is 0.171 e. The van der Waals surface area contributed by atoms with Gasteiger partial charge in [-0.15, -0.1) is 0 Å². The molecule has 0 spiro atoms. The Balaban J connectivity index is 2.18. The predicted molar refractivity (Wildman–Crippen MR) is 83.1 cm³/mol. The quantitative estimate of drug-likeness (QED) is 0.830. The molecule has 1 aliphatic rings. The molecule has 0 saturated carbocycles. The lowest BCUT2D eigenvalue weighted by Crippen LogP contribution is -2.51. The number of rotatable bonds is 3. The van der Waals surface area contributed by atoms with Crippen molar-refractivity contribution in [1.29, 1.82) is 0 Å². The summed E-state index contributed by atoms with van der Waals surface area (Å²) in [6.07, 6.45) is 6.16. The van der Waals surface area contributed by atoms with Crippen molar-refractivity contribution < 1.29 is 4.74 Å². The zero-order valence-electron chi connectivity index (χ0n) is 11.4.